The van der Waals surface area contributed by atoms with E-state index in [0.717, 1.165) is 25.9 Å². The average molecular weight is 230 g/mol. The number of methoxy groups -OCH3 is 1. The number of carbonyl (C=O) groups excluding carboxylic acids is 1. The van der Waals surface area contributed by atoms with Crippen LogP contribution in [-0.2, 0) is 9.53 Å². The lowest BCUT2D eigenvalue weighted by molar-refractivity contribution is -0.121. The van der Waals surface area contributed by atoms with Gasteiger partial charge in [-0.15, -0.1) is 0 Å². The van der Waals surface area contributed by atoms with Crippen LogP contribution in [0.25, 0.3) is 0 Å². The summed E-state index contributed by atoms with van der Waals surface area (Å²) in [6.07, 6.45) is 3.32. The first kappa shape index (κ1) is 15.4. The highest BCUT2D eigenvalue weighted by Crippen LogP contribution is 2.18. The Kier molecular flexibility index (Phi) is 8.21. The highest BCUT2D eigenvalue weighted by molar-refractivity contribution is 5.75. The molecule has 4 heteroatoms. The van der Waals surface area contributed by atoms with Crippen molar-refractivity contribution < 1.29 is 9.53 Å². The number of hydrogen-bond acceptors (Lipinski definition) is 3. The monoisotopic (exact) mass is 230 g/mol. The number of unbranched alkanes of at least 4 members (excludes halogenated alkanes) is 1. The van der Waals surface area contributed by atoms with Gasteiger partial charge in [0.25, 0.3) is 0 Å². The molecule has 16 heavy (non-hydrogen) atoms. The third-order valence-electron chi connectivity index (χ3n) is 2.61. The largest absolute Gasteiger partial charge is 0.385 e. The zero-order valence-corrected chi connectivity index (χ0v) is 10.8. The zero-order chi connectivity index (χ0) is 12.4. The smallest absolute Gasteiger partial charge is 0.220 e. The average Bonchev–Trinajstić information content (AvgIpc) is 2.24. The van der Waals surface area contributed by atoms with Crippen molar-refractivity contribution in [1.29, 1.82) is 0 Å². The fourth-order valence-corrected chi connectivity index (χ4v) is 1.32. The molecule has 0 aromatic carbocycles. The topological polar surface area (TPSA) is 64.3 Å². The number of ether oxygens (including phenoxy) is 1. The first-order valence-corrected chi connectivity index (χ1v) is 5.97. The Bertz CT molecular complexity index is 193. The van der Waals surface area contributed by atoms with Crippen molar-refractivity contribution >= 4 is 5.91 Å². The molecule has 0 radical (unpaired) electrons. The Morgan fingerprint density at radius 1 is 1.38 bits per heavy atom. The van der Waals surface area contributed by atoms with Gasteiger partial charge in [0.2, 0.25) is 5.91 Å². The molecule has 1 amide bonds. The fourth-order valence-electron chi connectivity index (χ4n) is 1.32. The van der Waals surface area contributed by atoms with Crippen LogP contribution in [0.1, 0.15) is 39.5 Å². The standard InChI is InChI=1S/C12H26N2O2/c1-12(2,7-9-16-3)10-14-11(15)6-4-5-8-13/h4-10,13H2,1-3H3,(H,14,15). The molecule has 0 aliphatic rings. The van der Waals surface area contributed by atoms with E-state index in [1.807, 2.05) is 0 Å². The van der Waals surface area contributed by atoms with Crippen LogP contribution in [0.15, 0.2) is 0 Å². The predicted molar refractivity (Wildman–Crippen MR) is 66.2 cm³/mol. The molecule has 0 fully saturated rings. The quantitative estimate of drug-likeness (QED) is 0.587. The summed E-state index contributed by atoms with van der Waals surface area (Å²) in [5.74, 6) is 0.124. The highest BCUT2D eigenvalue weighted by Gasteiger charge is 2.18. The van der Waals surface area contributed by atoms with Crippen molar-refractivity contribution in [1.82, 2.24) is 5.32 Å². The van der Waals surface area contributed by atoms with Gasteiger partial charge in [-0.1, -0.05) is 13.8 Å². The minimum Gasteiger partial charge on any atom is -0.385 e. The molecule has 0 unspecified atom stereocenters. The van der Waals surface area contributed by atoms with Crippen LogP contribution in [0, 0.1) is 5.41 Å². The fraction of sp³-hybridized carbons (Fsp3) is 0.917. The summed E-state index contributed by atoms with van der Waals surface area (Å²) in [5.41, 5.74) is 5.46. The van der Waals surface area contributed by atoms with Crippen LogP contribution >= 0.6 is 0 Å². The van der Waals surface area contributed by atoms with Crippen LogP contribution in [0.5, 0.6) is 0 Å². The second kappa shape index (κ2) is 8.53. The number of amides is 1. The van der Waals surface area contributed by atoms with E-state index >= 15 is 0 Å². The maximum absolute atomic E-state index is 11.5. The van der Waals surface area contributed by atoms with Crippen molar-refractivity contribution in [2.45, 2.75) is 39.5 Å². The lowest BCUT2D eigenvalue weighted by Gasteiger charge is -2.24. The molecule has 0 saturated heterocycles. The molecule has 0 saturated carbocycles. The molecule has 4 nitrogen and oxygen atoms in total. The van der Waals surface area contributed by atoms with Crippen molar-refractivity contribution in [3.63, 3.8) is 0 Å². The number of rotatable bonds is 9. The van der Waals surface area contributed by atoms with Gasteiger partial charge in [0, 0.05) is 26.7 Å². The lowest BCUT2D eigenvalue weighted by Crippen LogP contribution is -2.34. The van der Waals surface area contributed by atoms with Crippen LogP contribution in [0.3, 0.4) is 0 Å². The van der Waals surface area contributed by atoms with E-state index in [-0.39, 0.29) is 11.3 Å². The Hall–Kier alpha value is -0.610. The maximum atomic E-state index is 11.5. The number of hydrogen-bond donors (Lipinski definition) is 2. The second-order valence-electron chi connectivity index (χ2n) is 4.93. The molecule has 0 heterocycles. The summed E-state index contributed by atoms with van der Waals surface area (Å²) in [6, 6.07) is 0. The molecule has 0 spiro atoms. The molecule has 0 aliphatic carbocycles. The molecule has 0 bridgehead atoms. The SMILES string of the molecule is COCCC(C)(C)CNC(=O)CCCCN. The molecular formula is C12H26N2O2. The van der Waals surface area contributed by atoms with Gasteiger partial charge in [0.05, 0.1) is 0 Å². The summed E-state index contributed by atoms with van der Waals surface area (Å²) in [7, 11) is 1.70. The van der Waals surface area contributed by atoms with Crippen LogP contribution in [-0.4, -0.2) is 32.7 Å². The van der Waals surface area contributed by atoms with Crippen molar-refractivity contribution in [2.75, 3.05) is 26.8 Å². The summed E-state index contributed by atoms with van der Waals surface area (Å²) in [6.45, 7) is 6.36. The Balaban J connectivity index is 3.64. The van der Waals surface area contributed by atoms with Crippen LogP contribution in [0.2, 0.25) is 0 Å². The molecule has 0 rings (SSSR count). The van der Waals surface area contributed by atoms with Crippen molar-refractivity contribution in [3.8, 4) is 0 Å². The number of carbonyl (C=O) groups is 1. The molecule has 3 N–H and O–H groups in total. The van der Waals surface area contributed by atoms with Crippen LogP contribution < -0.4 is 11.1 Å². The minimum absolute atomic E-state index is 0.0968. The second-order valence-corrected chi connectivity index (χ2v) is 4.93. The summed E-state index contributed by atoms with van der Waals surface area (Å²) < 4.78 is 5.04. The Morgan fingerprint density at radius 2 is 2.06 bits per heavy atom. The maximum Gasteiger partial charge on any atom is 0.220 e. The van der Waals surface area contributed by atoms with E-state index in [2.05, 4.69) is 19.2 Å². The van der Waals surface area contributed by atoms with E-state index in [0.29, 0.717) is 19.5 Å². The van der Waals surface area contributed by atoms with Gasteiger partial charge in [0.15, 0.2) is 0 Å². The van der Waals surface area contributed by atoms with Gasteiger partial charge in [-0.2, -0.15) is 0 Å². The third-order valence-corrected chi connectivity index (χ3v) is 2.61. The Labute approximate surface area is 98.9 Å². The molecule has 0 atom stereocenters. The van der Waals surface area contributed by atoms with Crippen LogP contribution in [0.4, 0.5) is 0 Å². The first-order chi connectivity index (χ1) is 7.52. The van der Waals surface area contributed by atoms with Gasteiger partial charge >= 0.3 is 0 Å². The third kappa shape index (κ3) is 8.68. The van der Waals surface area contributed by atoms with Crippen molar-refractivity contribution in [2.24, 2.45) is 11.1 Å². The van der Waals surface area contributed by atoms with E-state index in [9.17, 15) is 4.79 Å². The zero-order valence-electron chi connectivity index (χ0n) is 10.8. The van der Waals surface area contributed by atoms with E-state index in [1.54, 1.807) is 7.11 Å². The van der Waals surface area contributed by atoms with Gasteiger partial charge in [-0.25, -0.2) is 0 Å². The highest BCUT2D eigenvalue weighted by atomic mass is 16.5. The Morgan fingerprint density at radius 3 is 2.62 bits per heavy atom. The normalized spacial score (nSPS) is 11.5. The number of nitrogens with one attached hydrogen (secondary N) is 1. The molecule has 96 valence electrons. The first-order valence-electron chi connectivity index (χ1n) is 5.97. The van der Waals surface area contributed by atoms with Gasteiger partial charge in [-0.05, 0) is 31.2 Å². The summed E-state index contributed by atoms with van der Waals surface area (Å²) in [4.78, 5) is 11.5. The van der Waals surface area contributed by atoms with Gasteiger partial charge in [0.1, 0.15) is 0 Å². The molecule has 0 aromatic rings. The van der Waals surface area contributed by atoms with E-state index in [1.165, 1.54) is 0 Å². The van der Waals surface area contributed by atoms with Gasteiger partial charge in [-0.3, -0.25) is 4.79 Å². The van der Waals surface area contributed by atoms with Crippen molar-refractivity contribution in [3.05, 3.63) is 0 Å². The minimum atomic E-state index is 0.0968. The lowest BCUT2D eigenvalue weighted by atomic mass is 9.89. The molecular weight excluding hydrogens is 204 g/mol. The van der Waals surface area contributed by atoms with E-state index < -0.39 is 0 Å². The predicted octanol–water partition coefficient (Wildman–Crippen LogP) is 1.29. The summed E-state index contributed by atoms with van der Waals surface area (Å²) in [5, 5.41) is 2.96. The molecule has 0 aromatic heterocycles. The summed E-state index contributed by atoms with van der Waals surface area (Å²) >= 11 is 0. The molecule has 0 aliphatic heterocycles. The van der Waals surface area contributed by atoms with E-state index in [4.69, 9.17) is 10.5 Å². The number of nitrogens with two attached hydrogens (primary N) is 1. The van der Waals surface area contributed by atoms with Gasteiger partial charge < -0.3 is 15.8 Å².